The molecule has 1 amide bonds. The van der Waals surface area contributed by atoms with E-state index >= 15 is 0 Å². The van der Waals surface area contributed by atoms with E-state index in [-0.39, 0.29) is 29.7 Å². The summed E-state index contributed by atoms with van der Waals surface area (Å²) in [6.45, 7) is 6.16. The van der Waals surface area contributed by atoms with Crippen LogP contribution in [-0.4, -0.2) is 35.0 Å². The first-order chi connectivity index (χ1) is 8.84. The third kappa shape index (κ3) is 2.28. The summed E-state index contributed by atoms with van der Waals surface area (Å²) in [5.74, 6) is -1.24. The molecule has 4 nitrogen and oxygen atoms in total. The van der Waals surface area contributed by atoms with Gasteiger partial charge >= 0.3 is 5.97 Å². The van der Waals surface area contributed by atoms with Crippen molar-refractivity contribution >= 4 is 11.9 Å². The molecule has 2 bridgehead atoms. The molecule has 0 aromatic heterocycles. The fourth-order valence-corrected chi connectivity index (χ4v) is 3.38. The largest absolute Gasteiger partial charge is 0.481 e. The number of carboxylic acid groups (broad SMARTS) is 1. The van der Waals surface area contributed by atoms with E-state index in [0.717, 1.165) is 6.42 Å². The lowest BCUT2D eigenvalue weighted by atomic mass is 9.81. The fourth-order valence-electron chi connectivity index (χ4n) is 3.38. The second-order valence-electron chi connectivity index (χ2n) is 6.27. The van der Waals surface area contributed by atoms with Crippen molar-refractivity contribution in [2.75, 3.05) is 7.05 Å². The summed E-state index contributed by atoms with van der Waals surface area (Å²) < 4.78 is 0. The number of rotatable bonds is 4. The van der Waals surface area contributed by atoms with Gasteiger partial charge in [-0.15, -0.1) is 0 Å². The number of hydrogen-bond acceptors (Lipinski definition) is 2. The molecule has 5 atom stereocenters. The van der Waals surface area contributed by atoms with Gasteiger partial charge in [0.15, 0.2) is 0 Å². The molecule has 0 radical (unpaired) electrons. The Labute approximate surface area is 114 Å². The first-order valence-electron chi connectivity index (χ1n) is 7.02. The molecule has 0 saturated heterocycles. The lowest BCUT2D eigenvalue weighted by Crippen LogP contribution is -2.46. The topological polar surface area (TPSA) is 57.6 Å². The molecule has 0 heterocycles. The lowest BCUT2D eigenvalue weighted by Gasteiger charge is -2.33. The molecule has 0 aliphatic heterocycles. The Hall–Kier alpha value is -1.32. The van der Waals surface area contributed by atoms with Crippen molar-refractivity contribution in [2.45, 2.75) is 33.2 Å². The summed E-state index contributed by atoms with van der Waals surface area (Å²) in [5, 5.41) is 9.38. The molecule has 4 heteroatoms. The zero-order chi connectivity index (χ0) is 14.3. The molecule has 2 rings (SSSR count). The number of carboxylic acids is 1. The number of hydrogen-bond donors (Lipinski definition) is 1. The molecule has 2 aliphatic carbocycles. The van der Waals surface area contributed by atoms with Gasteiger partial charge in [-0.2, -0.15) is 0 Å². The van der Waals surface area contributed by atoms with Crippen LogP contribution in [0.1, 0.15) is 27.2 Å². The van der Waals surface area contributed by atoms with E-state index < -0.39 is 11.9 Å². The molecule has 1 saturated carbocycles. The second-order valence-corrected chi connectivity index (χ2v) is 6.27. The molecule has 2 aliphatic rings. The quantitative estimate of drug-likeness (QED) is 0.791. The molecule has 1 N–H and O–H groups in total. The molecule has 5 unspecified atom stereocenters. The van der Waals surface area contributed by atoms with Gasteiger partial charge in [-0.1, -0.05) is 26.0 Å². The highest BCUT2D eigenvalue weighted by Gasteiger charge is 2.52. The SMILES string of the molecule is CC(C)C(C)N(C)C(=O)C1C2C=CC(C2)C1C(=O)O. The van der Waals surface area contributed by atoms with E-state index in [1.165, 1.54) is 0 Å². The highest BCUT2D eigenvalue weighted by molar-refractivity contribution is 5.87. The van der Waals surface area contributed by atoms with Gasteiger partial charge < -0.3 is 10.0 Å². The Morgan fingerprint density at radius 1 is 1.16 bits per heavy atom. The number of nitrogens with zero attached hydrogens (tertiary/aromatic N) is 1. The molecular formula is C15H23NO3. The maximum absolute atomic E-state index is 12.6. The lowest BCUT2D eigenvalue weighted by molar-refractivity contribution is -0.151. The Morgan fingerprint density at radius 3 is 2.16 bits per heavy atom. The zero-order valence-electron chi connectivity index (χ0n) is 12.0. The summed E-state index contributed by atoms with van der Waals surface area (Å²) >= 11 is 0. The maximum Gasteiger partial charge on any atom is 0.307 e. The summed E-state index contributed by atoms with van der Waals surface area (Å²) in [6, 6.07) is 0.130. The number of allylic oxidation sites excluding steroid dienone is 2. The van der Waals surface area contributed by atoms with Gasteiger partial charge in [0.25, 0.3) is 0 Å². The molecule has 1 fully saturated rings. The third-order valence-electron chi connectivity index (χ3n) is 4.95. The van der Waals surface area contributed by atoms with Crippen molar-refractivity contribution in [3.63, 3.8) is 0 Å². The van der Waals surface area contributed by atoms with Crippen LogP contribution in [0, 0.1) is 29.6 Å². The van der Waals surface area contributed by atoms with Gasteiger partial charge in [0.1, 0.15) is 0 Å². The Balaban J connectivity index is 2.18. The monoisotopic (exact) mass is 265 g/mol. The van der Waals surface area contributed by atoms with Crippen LogP contribution < -0.4 is 0 Å². The highest BCUT2D eigenvalue weighted by Crippen LogP contribution is 2.48. The van der Waals surface area contributed by atoms with E-state index in [0.29, 0.717) is 5.92 Å². The van der Waals surface area contributed by atoms with Crippen molar-refractivity contribution in [1.82, 2.24) is 4.90 Å². The minimum Gasteiger partial charge on any atom is -0.481 e. The average Bonchev–Trinajstić information content (AvgIpc) is 2.95. The van der Waals surface area contributed by atoms with Crippen LogP contribution in [0.25, 0.3) is 0 Å². The van der Waals surface area contributed by atoms with Crippen molar-refractivity contribution in [3.8, 4) is 0 Å². The molecule has 0 aromatic carbocycles. The van der Waals surface area contributed by atoms with Gasteiger partial charge in [-0.25, -0.2) is 0 Å². The van der Waals surface area contributed by atoms with Crippen LogP contribution in [0.3, 0.4) is 0 Å². The van der Waals surface area contributed by atoms with Crippen LogP contribution in [-0.2, 0) is 9.59 Å². The number of carbonyl (C=O) groups is 2. The smallest absolute Gasteiger partial charge is 0.307 e. The number of fused-ring (bicyclic) bond motifs is 2. The van der Waals surface area contributed by atoms with Gasteiger partial charge in [0.2, 0.25) is 5.91 Å². The highest BCUT2D eigenvalue weighted by atomic mass is 16.4. The molecule has 19 heavy (non-hydrogen) atoms. The number of carbonyl (C=O) groups excluding carboxylic acids is 1. The molecular weight excluding hydrogens is 242 g/mol. The van der Waals surface area contributed by atoms with Gasteiger partial charge in [0.05, 0.1) is 11.8 Å². The van der Waals surface area contributed by atoms with Crippen molar-refractivity contribution in [1.29, 1.82) is 0 Å². The van der Waals surface area contributed by atoms with Crippen LogP contribution in [0.5, 0.6) is 0 Å². The van der Waals surface area contributed by atoms with Crippen LogP contribution in [0.4, 0.5) is 0 Å². The van der Waals surface area contributed by atoms with Crippen LogP contribution >= 0.6 is 0 Å². The summed E-state index contributed by atoms with van der Waals surface area (Å²) in [4.78, 5) is 25.8. The van der Waals surface area contributed by atoms with Gasteiger partial charge in [-0.3, -0.25) is 9.59 Å². The average molecular weight is 265 g/mol. The molecule has 106 valence electrons. The first kappa shape index (κ1) is 14.1. The number of aliphatic carboxylic acids is 1. The van der Waals surface area contributed by atoms with Gasteiger partial charge in [0, 0.05) is 13.1 Å². The minimum atomic E-state index is -0.833. The maximum atomic E-state index is 12.6. The zero-order valence-corrected chi connectivity index (χ0v) is 12.0. The van der Waals surface area contributed by atoms with Gasteiger partial charge in [-0.05, 0) is 31.1 Å². The van der Waals surface area contributed by atoms with E-state index in [9.17, 15) is 14.7 Å². The molecule has 0 aromatic rings. The van der Waals surface area contributed by atoms with Crippen LogP contribution in [0.2, 0.25) is 0 Å². The second kappa shape index (κ2) is 4.99. The van der Waals surface area contributed by atoms with E-state index in [1.54, 1.807) is 11.9 Å². The van der Waals surface area contributed by atoms with Crippen LogP contribution in [0.15, 0.2) is 12.2 Å². The van der Waals surface area contributed by atoms with E-state index in [4.69, 9.17) is 0 Å². The van der Waals surface area contributed by atoms with Crippen molar-refractivity contribution in [3.05, 3.63) is 12.2 Å². The van der Waals surface area contributed by atoms with E-state index in [1.807, 2.05) is 19.1 Å². The molecule has 0 spiro atoms. The predicted molar refractivity (Wildman–Crippen MR) is 72.4 cm³/mol. The Morgan fingerprint density at radius 2 is 1.68 bits per heavy atom. The normalized spacial score (nSPS) is 33.7. The minimum absolute atomic E-state index is 0.00884. The third-order valence-corrected chi connectivity index (χ3v) is 4.95. The van der Waals surface area contributed by atoms with E-state index in [2.05, 4.69) is 13.8 Å². The predicted octanol–water partition coefficient (Wildman–Crippen LogP) is 2.01. The summed E-state index contributed by atoms with van der Waals surface area (Å²) in [7, 11) is 1.79. The summed E-state index contributed by atoms with van der Waals surface area (Å²) in [5.41, 5.74) is 0. The standard InChI is InChI=1S/C15H23NO3/c1-8(2)9(3)16(4)14(17)12-10-5-6-11(7-10)13(12)15(18)19/h5-6,8-13H,7H2,1-4H3,(H,18,19). The van der Waals surface area contributed by atoms with Crippen molar-refractivity contribution < 1.29 is 14.7 Å². The first-order valence-corrected chi connectivity index (χ1v) is 7.02. The Kier molecular flexibility index (Phi) is 3.70. The van der Waals surface area contributed by atoms with Crippen molar-refractivity contribution in [2.24, 2.45) is 29.6 Å². The fraction of sp³-hybridized carbons (Fsp3) is 0.733. The summed E-state index contributed by atoms with van der Waals surface area (Å²) in [6.07, 6.45) is 4.82. The number of amides is 1. The Bertz CT molecular complexity index is 416.